The van der Waals surface area contributed by atoms with Crippen molar-refractivity contribution < 1.29 is 64.2 Å². The Morgan fingerprint density at radius 2 is 0.875 bits per heavy atom. The Bertz CT molecular complexity index is 1250. The number of rotatable bonds is 8. The molecule has 13 nitrogen and oxygen atoms in total. The average Bonchev–Trinajstić information content (AvgIpc) is 2.70. The van der Waals surface area contributed by atoms with Crippen LogP contribution in [0.2, 0.25) is 0 Å². The van der Waals surface area contributed by atoms with Crippen molar-refractivity contribution in [1.29, 1.82) is 0 Å². The molecule has 0 bridgehead atoms. The minimum absolute atomic E-state index is 0.343. The van der Waals surface area contributed by atoms with Crippen LogP contribution in [0.25, 0.3) is 0 Å². The molecule has 0 radical (unpaired) electrons. The molecule has 0 aliphatic heterocycles. The van der Waals surface area contributed by atoms with Crippen LogP contribution in [0, 0.1) is 0 Å². The van der Waals surface area contributed by atoms with Gasteiger partial charge in [0, 0.05) is 11.1 Å². The van der Waals surface area contributed by atoms with Crippen molar-refractivity contribution in [2.75, 3.05) is 0 Å². The van der Waals surface area contributed by atoms with Crippen LogP contribution in [0.1, 0.15) is 78.1 Å². The van der Waals surface area contributed by atoms with E-state index in [1.165, 1.54) is 0 Å². The zero-order valence-electron chi connectivity index (χ0n) is 15.4. The number of hydrogen-bond donors (Lipinski definition) is 6. The maximum absolute atomic E-state index is 12.9. The van der Waals surface area contributed by atoms with Crippen LogP contribution >= 0.6 is 0 Å². The second-order valence-electron chi connectivity index (χ2n) is 6.02. The summed E-state index contributed by atoms with van der Waals surface area (Å²) < 4.78 is 0. The van der Waals surface area contributed by atoms with Crippen molar-refractivity contribution in [1.82, 2.24) is 0 Å². The zero-order valence-corrected chi connectivity index (χ0v) is 15.4. The normalized spacial score (nSPS) is 10.2. The van der Waals surface area contributed by atoms with E-state index in [0.29, 0.717) is 12.1 Å². The number of carbonyl (C=O) groups excluding carboxylic acids is 1. The summed E-state index contributed by atoms with van der Waals surface area (Å²) in [6.45, 7) is 0. The molecule has 13 heteroatoms. The monoisotopic (exact) mass is 446 g/mol. The molecule has 0 fully saturated rings. The van der Waals surface area contributed by atoms with Crippen molar-refractivity contribution in [3.8, 4) is 0 Å². The van der Waals surface area contributed by atoms with E-state index in [-0.39, 0.29) is 0 Å². The number of carboxylic acids is 6. The van der Waals surface area contributed by atoms with Gasteiger partial charge in [0.25, 0.3) is 0 Å². The van der Waals surface area contributed by atoms with Crippen LogP contribution < -0.4 is 0 Å². The lowest BCUT2D eigenvalue weighted by Gasteiger charge is -2.14. The number of carboxylic acid groups (broad SMARTS) is 6. The predicted octanol–water partition coefficient (Wildman–Crippen LogP) is 1.11. The van der Waals surface area contributed by atoms with Gasteiger partial charge in [0.2, 0.25) is 0 Å². The van der Waals surface area contributed by atoms with E-state index in [9.17, 15) is 59.1 Å². The number of benzene rings is 2. The second-order valence-corrected chi connectivity index (χ2v) is 6.02. The van der Waals surface area contributed by atoms with Crippen molar-refractivity contribution in [3.63, 3.8) is 0 Å². The molecule has 0 amide bonds. The molecular formula is C19H10O13. The Morgan fingerprint density at radius 1 is 0.438 bits per heavy atom. The maximum Gasteiger partial charge on any atom is 0.337 e. The molecule has 0 aliphatic rings. The van der Waals surface area contributed by atoms with Gasteiger partial charge in [0.15, 0.2) is 5.78 Å². The summed E-state index contributed by atoms with van der Waals surface area (Å²) in [7, 11) is 0. The molecule has 0 atom stereocenters. The van der Waals surface area contributed by atoms with Gasteiger partial charge in [0.05, 0.1) is 33.4 Å². The van der Waals surface area contributed by atoms with Gasteiger partial charge in [-0.1, -0.05) is 6.07 Å². The van der Waals surface area contributed by atoms with Crippen molar-refractivity contribution >= 4 is 41.6 Å². The predicted molar refractivity (Wildman–Crippen MR) is 98.1 cm³/mol. The first-order valence-corrected chi connectivity index (χ1v) is 8.09. The summed E-state index contributed by atoms with van der Waals surface area (Å²) in [5.74, 6) is -13.1. The van der Waals surface area contributed by atoms with E-state index in [1.54, 1.807) is 0 Å². The van der Waals surface area contributed by atoms with Gasteiger partial charge in [-0.05, 0) is 18.2 Å². The molecule has 0 aromatic heterocycles. The van der Waals surface area contributed by atoms with Crippen LogP contribution in [0.5, 0.6) is 0 Å². The first-order chi connectivity index (χ1) is 14.8. The Labute approximate surface area is 175 Å². The summed E-state index contributed by atoms with van der Waals surface area (Å²) in [6.07, 6.45) is 0. The Morgan fingerprint density at radius 3 is 1.28 bits per heavy atom. The minimum Gasteiger partial charge on any atom is -0.478 e. The Balaban J connectivity index is 2.97. The first-order valence-electron chi connectivity index (χ1n) is 8.09. The lowest BCUT2D eigenvalue weighted by molar-refractivity contribution is 0.0618. The molecule has 0 aliphatic carbocycles. The lowest BCUT2D eigenvalue weighted by atomic mass is 9.87. The molecule has 0 heterocycles. The van der Waals surface area contributed by atoms with E-state index < -0.39 is 86.1 Å². The molecule has 0 saturated carbocycles. The summed E-state index contributed by atoms with van der Waals surface area (Å²) >= 11 is 0. The van der Waals surface area contributed by atoms with Crippen LogP contribution in [0.15, 0.2) is 24.3 Å². The highest BCUT2D eigenvalue weighted by Gasteiger charge is 2.35. The summed E-state index contributed by atoms with van der Waals surface area (Å²) in [4.78, 5) is 81.7. The van der Waals surface area contributed by atoms with E-state index in [1.807, 2.05) is 0 Å². The third kappa shape index (κ3) is 3.97. The topological polar surface area (TPSA) is 241 Å². The fraction of sp³-hybridized carbons (Fsp3) is 0. The smallest absolute Gasteiger partial charge is 0.337 e. The van der Waals surface area contributed by atoms with E-state index in [0.717, 1.165) is 12.1 Å². The standard InChI is InChI=1S/C19H10O13/c20-13(5-1-2-6(14(21)22)7(3-5)15(23)24)8-4-9(16(25)26)11(18(29)30)12(19(31)32)10(8)17(27)28/h1-4H,(H,21,22)(H,23,24)(H,25,26)(H,27,28)(H,29,30)(H,31,32). The Hall–Kier alpha value is -5.07. The fourth-order valence-electron chi connectivity index (χ4n) is 2.89. The van der Waals surface area contributed by atoms with Gasteiger partial charge < -0.3 is 30.6 Å². The van der Waals surface area contributed by atoms with E-state index in [2.05, 4.69) is 0 Å². The van der Waals surface area contributed by atoms with Crippen molar-refractivity contribution in [3.05, 3.63) is 68.8 Å². The van der Waals surface area contributed by atoms with Crippen molar-refractivity contribution in [2.45, 2.75) is 0 Å². The van der Waals surface area contributed by atoms with Crippen LogP contribution in [0.3, 0.4) is 0 Å². The van der Waals surface area contributed by atoms with Gasteiger partial charge in [-0.2, -0.15) is 0 Å². The highest BCUT2D eigenvalue weighted by Crippen LogP contribution is 2.27. The van der Waals surface area contributed by atoms with E-state index in [4.69, 9.17) is 5.11 Å². The molecule has 2 rings (SSSR count). The molecule has 32 heavy (non-hydrogen) atoms. The number of aromatic carboxylic acids is 6. The molecule has 0 spiro atoms. The molecule has 2 aromatic carbocycles. The van der Waals surface area contributed by atoms with Crippen molar-refractivity contribution in [2.24, 2.45) is 0 Å². The van der Waals surface area contributed by atoms with Gasteiger partial charge in [-0.15, -0.1) is 0 Å². The van der Waals surface area contributed by atoms with Gasteiger partial charge in [0.1, 0.15) is 0 Å². The van der Waals surface area contributed by atoms with Crippen LogP contribution in [-0.4, -0.2) is 72.2 Å². The quantitative estimate of drug-likeness (QED) is 0.312. The molecule has 0 saturated heterocycles. The number of ketones is 1. The molecule has 6 N–H and O–H groups in total. The number of carbonyl (C=O) groups is 7. The maximum atomic E-state index is 12.9. The van der Waals surface area contributed by atoms with Crippen LogP contribution in [-0.2, 0) is 0 Å². The molecule has 164 valence electrons. The molecule has 0 unspecified atom stereocenters. The molecule has 2 aromatic rings. The molecular weight excluding hydrogens is 436 g/mol. The highest BCUT2D eigenvalue weighted by molar-refractivity contribution is 6.22. The van der Waals surface area contributed by atoms with Crippen LogP contribution in [0.4, 0.5) is 0 Å². The largest absolute Gasteiger partial charge is 0.478 e. The fourth-order valence-corrected chi connectivity index (χ4v) is 2.89. The summed E-state index contributed by atoms with van der Waals surface area (Å²) in [5.41, 5.74) is -8.67. The Kier molecular flexibility index (Phi) is 6.06. The summed E-state index contributed by atoms with van der Waals surface area (Å²) in [6, 6.07) is 2.44. The first kappa shape index (κ1) is 23.2. The third-order valence-electron chi connectivity index (χ3n) is 4.19. The van der Waals surface area contributed by atoms with Gasteiger partial charge in [-0.3, -0.25) is 4.79 Å². The average molecular weight is 446 g/mol. The second kappa shape index (κ2) is 8.35. The van der Waals surface area contributed by atoms with Gasteiger partial charge >= 0.3 is 35.8 Å². The summed E-state index contributed by atoms with van der Waals surface area (Å²) in [5, 5.41) is 55.6. The zero-order chi connectivity index (χ0) is 24.5. The third-order valence-corrected chi connectivity index (χ3v) is 4.19. The van der Waals surface area contributed by atoms with E-state index >= 15 is 0 Å². The minimum atomic E-state index is -2.15. The van der Waals surface area contributed by atoms with Gasteiger partial charge in [-0.25, -0.2) is 28.8 Å². The number of hydrogen-bond acceptors (Lipinski definition) is 7. The SMILES string of the molecule is O=C(O)c1ccc(C(=O)c2cc(C(=O)O)c(C(=O)O)c(C(=O)O)c2C(=O)O)cc1C(=O)O. The lowest BCUT2D eigenvalue weighted by Crippen LogP contribution is -2.23. The highest BCUT2D eigenvalue weighted by atomic mass is 16.4.